The third kappa shape index (κ3) is 5.33. The third-order valence-corrected chi connectivity index (χ3v) is 4.54. The molecule has 2 aromatic heterocycles. The van der Waals surface area contributed by atoms with Crippen LogP contribution in [0.2, 0.25) is 0 Å². The Morgan fingerprint density at radius 1 is 1.22 bits per heavy atom. The first-order valence-corrected chi connectivity index (χ1v) is 9.36. The number of halogens is 6. The standard InChI is InChI=1S/C19H18F6N6O/c1-2-12(19(23,24)25)28-17-30-15(11-6-7-18(21,22)14(32)13(11)20)29-16(31-17)27-9-10-5-3-4-8-26-10/h2-5,8,14,32H,6-7,9H2,1H3,(H2,27,28,29,30,31). The Labute approximate surface area is 178 Å². The van der Waals surface area contributed by atoms with E-state index in [9.17, 15) is 31.4 Å². The van der Waals surface area contributed by atoms with E-state index in [1.807, 2.05) is 5.32 Å². The van der Waals surface area contributed by atoms with E-state index in [2.05, 4.69) is 25.3 Å². The molecule has 0 fully saturated rings. The molecule has 13 heteroatoms. The summed E-state index contributed by atoms with van der Waals surface area (Å²) in [5, 5.41) is 14.3. The van der Waals surface area contributed by atoms with E-state index in [0.717, 1.165) is 13.0 Å². The average molecular weight is 460 g/mol. The summed E-state index contributed by atoms with van der Waals surface area (Å²) in [5.41, 5.74) is -1.08. The first-order chi connectivity index (χ1) is 15.0. The minimum Gasteiger partial charge on any atom is -0.380 e. The number of aromatic nitrogens is 4. The monoisotopic (exact) mass is 460 g/mol. The predicted molar refractivity (Wildman–Crippen MR) is 103 cm³/mol. The highest BCUT2D eigenvalue weighted by Gasteiger charge is 2.46. The maximum atomic E-state index is 14.5. The molecule has 3 N–H and O–H groups in total. The number of rotatable bonds is 6. The molecule has 0 saturated carbocycles. The fourth-order valence-electron chi connectivity index (χ4n) is 2.86. The van der Waals surface area contributed by atoms with E-state index in [1.54, 1.807) is 18.2 Å². The van der Waals surface area contributed by atoms with Gasteiger partial charge in [-0.1, -0.05) is 12.1 Å². The van der Waals surface area contributed by atoms with Crippen molar-refractivity contribution in [1.82, 2.24) is 19.9 Å². The quantitative estimate of drug-likeness (QED) is 0.556. The van der Waals surface area contributed by atoms with Gasteiger partial charge in [0.25, 0.3) is 5.92 Å². The van der Waals surface area contributed by atoms with Crippen molar-refractivity contribution < 1.29 is 31.4 Å². The first-order valence-electron chi connectivity index (χ1n) is 9.36. The summed E-state index contributed by atoms with van der Waals surface area (Å²) in [5.74, 6) is -6.54. The van der Waals surface area contributed by atoms with Gasteiger partial charge in [-0.25, -0.2) is 13.2 Å². The Kier molecular flexibility index (Phi) is 6.67. The second-order valence-corrected chi connectivity index (χ2v) is 6.80. The number of aliphatic hydroxyl groups excluding tert-OH is 1. The second-order valence-electron chi connectivity index (χ2n) is 6.80. The maximum absolute atomic E-state index is 14.5. The van der Waals surface area contributed by atoms with Gasteiger partial charge in [0.15, 0.2) is 11.9 Å². The van der Waals surface area contributed by atoms with Crippen molar-refractivity contribution >= 4 is 17.5 Å². The number of hydrogen-bond acceptors (Lipinski definition) is 7. The fourth-order valence-corrected chi connectivity index (χ4v) is 2.86. The number of hydrogen-bond donors (Lipinski definition) is 3. The summed E-state index contributed by atoms with van der Waals surface area (Å²) in [6.45, 7) is 1.21. The molecule has 7 nitrogen and oxygen atoms in total. The van der Waals surface area contributed by atoms with Gasteiger partial charge in [-0.3, -0.25) is 4.98 Å². The number of nitrogens with one attached hydrogen (secondary N) is 2. The molecule has 0 bridgehead atoms. The number of alkyl halides is 5. The zero-order chi connectivity index (χ0) is 23.5. The molecule has 172 valence electrons. The molecule has 0 amide bonds. The van der Waals surface area contributed by atoms with Gasteiger partial charge in [0.2, 0.25) is 11.9 Å². The van der Waals surface area contributed by atoms with Crippen LogP contribution in [0.5, 0.6) is 0 Å². The van der Waals surface area contributed by atoms with Crippen molar-refractivity contribution in [2.75, 3.05) is 10.6 Å². The lowest BCUT2D eigenvalue weighted by atomic mass is 9.92. The normalized spacial score (nSPS) is 19.1. The van der Waals surface area contributed by atoms with Crippen LogP contribution >= 0.6 is 0 Å². The zero-order valence-electron chi connectivity index (χ0n) is 16.6. The van der Waals surface area contributed by atoms with Crippen LogP contribution in [0.3, 0.4) is 0 Å². The van der Waals surface area contributed by atoms with E-state index in [0.29, 0.717) is 5.69 Å². The number of allylic oxidation sites excluding steroid dienone is 3. The van der Waals surface area contributed by atoms with E-state index in [4.69, 9.17) is 0 Å². The van der Waals surface area contributed by atoms with Gasteiger partial charge in [0.1, 0.15) is 11.5 Å². The van der Waals surface area contributed by atoms with Gasteiger partial charge < -0.3 is 15.7 Å². The smallest absolute Gasteiger partial charge is 0.380 e. The number of pyridine rings is 1. The molecule has 0 saturated heterocycles. The largest absolute Gasteiger partial charge is 0.431 e. The van der Waals surface area contributed by atoms with E-state index in [-0.39, 0.29) is 12.5 Å². The first kappa shape index (κ1) is 23.4. The molecular weight excluding hydrogens is 442 g/mol. The molecule has 0 aliphatic heterocycles. The van der Waals surface area contributed by atoms with E-state index >= 15 is 0 Å². The van der Waals surface area contributed by atoms with E-state index < -0.39 is 59.9 Å². The molecule has 1 aliphatic rings. The lowest BCUT2D eigenvalue weighted by Crippen LogP contribution is -2.37. The highest BCUT2D eigenvalue weighted by Crippen LogP contribution is 2.41. The molecule has 32 heavy (non-hydrogen) atoms. The van der Waals surface area contributed by atoms with Crippen LogP contribution in [-0.4, -0.2) is 43.2 Å². The summed E-state index contributed by atoms with van der Waals surface area (Å²) in [4.78, 5) is 15.6. The summed E-state index contributed by atoms with van der Waals surface area (Å²) in [6, 6.07) is 5.06. The van der Waals surface area contributed by atoms with Crippen LogP contribution in [0.1, 0.15) is 31.3 Å². The van der Waals surface area contributed by atoms with Gasteiger partial charge in [0, 0.05) is 18.2 Å². The van der Waals surface area contributed by atoms with E-state index in [1.165, 1.54) is 6.20 Å². The highest BCUT2D eigenvalue weighted by molar-refractivity contribution is 5.66. The average Bonchev–Trinajstić information content (AvgIpc) is 2.74. The van der Waals surface area contributed by atoms with Crippen molar-refractivity contribution in [3.05, 3.63) is 53.5 Å². The van der Waals surface area contributed by atoms with Gasteiger partial charge in [-0.2, -0.15) is 28.1 Å². The summed E-state index contributed by atoms with van der Waals surface area (Å²) in [6.07, 6.45) is -6.61. The molecule has 0 spiro atoms. The summed E-state index contributed by atoms with van der Waals surface area (Å²) < 4.78 is 81.0. The van der Waals surface area contributed by atoms with Gasteiger partial charge in [0.05, 0.1) is 12.2 Å². The molecule has 2 heterocycles. The SMILES string of the molecule is CC=C(Nc1nc(NCc2ccccn2)nc(C2=C(F)C(O)C(F)(F)CC2)n1)C(F)(F)F. The molecule has 2 aromatic rings. The number of anilines is 2. The van der Waals surface area contributed by atoms with Crippen LogP contribution in [0, 0.1) is 0 Å². The van der Waals surface area contributed by atoms with Crippen LogP contribution in [0.4, 0.5) is 38.2 Å². The Morgan fingerprint density at radius 3 is 2.56 bits per heavy atom. The van der Waals surface area contributed by atoms with Crippen LogP contribution in [-0.2, 0) is 6.54 Å². The zero-order valence-corrected chi connectivity index (χ0v) is 16.6. The third-order valence-electron chi connectivity index (χ3n) is 4.54. The molecule has 0 aromatic carbocycles. The van der Waals surface area contributed by atoms with Crippen molar-refractivity contribution in [2.45, 2.75) is 44.5 Å². The Morgan fingerprint density at radius 2 is 1.94 bits per heavy atom. The van der Waals surface area contributed by atoms with Gasteiger partial charge in [-0.05, 0) is 25.5 Å². The predicted octanol–water partition coefficient (Wildman–Crippen LogP) is 4.23. The fraction of sp³-hybridized carbons (Fsp3) is 0.368. The number of nitrogens with zero attached hydrogens (tertiary/aromatic N) is 4. The van der Waals surface area contributed by atoms with Crippen molar-refractivity contribution in [2.24, 2.45) is 0 Å². The Balaban J connectivity index is 1.99. The summed E-state index contributed by atoms with van der Waals surface area (Å²) in [7, 11) is 0. The molecule has 0 radical (unpaired) electrons. The topological polar surface area (TPSA) is 95.9 Å². The Bertz CT molecular complexity index is 1020. The maximum Gasteiger partial charge on any atom is 0.431 e. The van der Waals surface area contributed by atoms with Crippen LogP contribution < -0.4 is 10.6 Å². The van der Waals surface area contributed by atoms with Gasteiger partial charge >= 0.3 is 6.18 Å². The minimum absolute atomic E-state index is 0.0711. The molecule has 1 atom stereocenters. The van der Waals surface area contributed by atoms with Gasteiger partial charge in [-0.15, -0.1) is 0 Å². The Hall–Kier alpha value is -3.22. The molecule has 1 aliphatic carbocycles. The second kappa shape index (κ2) is 9.10. The van der Waals surface area contributed by atoms with Crippen molar-refractivity contribution in [1.29, 1.82) is 0 Å². The lowest BCUT2D eigenvalue weighted by molar-refractivity contribution is -0.107. The summed E-state index contributed by atoms with van der Waals surface area (Å²) >= 11 is 0. The minimum atomic E-state index is -4.75. The molecular formula is C19H18F6N6O. The lowest BCUT2D eigenvalue weighted by Gasteiger charge is -2.27. The molecule has 3 rings (SSSR count). The van der Waals surface area contributed by atoms with Crippen LogP contribution in [0.15, 0.2) is 42.0 Å². The van der Waals surface area contributed by atoms with Crippen molar-refractivity contribution in [3.63, 3.8) is 0 Å². The highest BCUT2D eigenvalue weighted by atomic mass is 19.4. The van der Waals surface area contributed by atoms with Crippen LogP contribution in [0.25, 0.3) is 5.57 Å². The van der Waals surface area contributed by atoms with Crippen molar-refractivity contribution in [3.8, 4) is 0 Å². The number of aliphatic hydroxyl groups is 1. The molecule has 1 unspecified atom stereocenters.